The van der Waals surface area contributed by atoms with Crippen molar-refractivity contribution in [2.45, 2.75) is 25.3 Å². The van der Waals surface area contributed by atoms with Crippen molar-refractivity contribution in [3.63, 3.8) is 0 Å². The molecule has 1 saturated heterocycles. The number of thiazole rings is 1. The normalized spacial score (nSPS) is 26.5. The SMILES string of the molecule is [2H]C(c1ccc(F)c(Cl)c1)N1CC([2H])([2H])C([2H])(N([2H])c2ncnc3nc(Cl)sc23)C([2H])([2H])C1. The molecule has 0 radical (unpaired) electrons. The van der Waals surface area contributed by atoms with Crippen molar-refractivity contribution in [1.82, 2.24) is 19.9 Å². The van der Waals surface area contributed by atoms with Crippen molar-refractivity contribution in [3.8, 4) is 0 Å². The van der Waals surface area contributed by atoms with Crippen LogP contribution in [0.2, 0.25) is 10.9 Å². The average molecular weight is 419 g/mol. The van der Waals surface area contributed by atoms with Crippen LogP contribution in [0, 0.1) is 5.82 Å². The number of likely N-dealkylation sites (tertiary alicyclic amines) is 1. The van der Waals surface area contributed by atoms with Gasteiger partial charge in [0.05, 0.1) is 6.39 Å². The van der Waals surface area contributed by atoms with Gasteiger partial charge in [-0.25, -0.2) is 19.3 Å². The molecule has 5 nitrogen and oxygen atoms in total. The first-order valence-electron chi connectivity index (χ1n) is 11.0. The van der Waals surface area contributed by atoms with E-state index in [1.165, 1.54) is 17.0 Å². The molecular formula is C17H16Cl2FN5S. The number of nitrogens with one attached hydrogen (secondary N) is 1. The summed E-state index contributed by atoms with van der Waals surface area (Å²) in [6.07, 6.45) is -4.21. The lowest BCUT2D eigenvalue weighted by Gasteiger charge is -2.32. The first-order chi connectivity index (χ1) is 15.3. The second-order valence-electron chi connectivity index (χ2n) is 5.34. The second kappa shape index (κ2) is 7.60. The van der Waals surface area contributed by atoms with E-state index in [4.69, 9.17) is 32.8 Å². The van der Waals surface area contributed by atoms with Crippen molar-refractivity contribution < 1.29 is 14.0 Å². The molecule has 1 fully saturated rings. The highest BCUT2D eigenvalue weighted by atomic mass is 35.5. The first-order valence-corrected chi connectivity index (χ1v) is 9.03. The fraction of sp³-hybridized carbons (Fsp3) is 0.353. The van der Waals surface area contributed by atoms with Gasteiger partial charge < -0.3 is 5.31 Å². The van der Waals surface area contributed by atoms with E-state index in [-0.39, 0.29) is 31.2 Å². The third-order valence-corrected chi connectivity index (χ3v) is 4.97. The predicted molar refractivity (Wildman–Crippen MR) is 104 cm³/mol. The molecule has 3 aromatic rings. The molecule has 1 unspecified atom stereocenters. The summed E-state index contributed by atoms with van der Waals surface area (Å²) >= 11 is 12.7. The molecule has 0 bridgehead atoms. The Morgan fingerprint density at radius 2 is 2.23 bits per heavy atom. The third-order valence-electron chi connectivity index (χ3n) is 3.54. The van der Waals surface area contributed by atoms with Crippen molar-refractivity contribution in [2.24, 2.45) is 0 Å². The lowest BCUT2D eigenvalue weighted by atomic mass is 10.0. The van der Waals surface area contributed by atoms with E-state index < -0.39 is 44.2 Å². The van der Waals surface area contributed by atoms with E-state index in [9.17, 15) is 4.39 Å². The van der Waals surface area contributed by atoms with Crippen molar-refractivity contribution in [3.05, 3.63) is 45.4 Å². The van der Waals surface area contributed by atoms with E-state index in [1.54, 1.807) is 0 Å². The molecule has 1 atom stereocenters. The Morgan fingerprint density at radius 1 is 1.42 bits per heavy atom. The minimum Gasteiger partial charge on any atom is -0.366 e. The van der Waals surface area contributed by atoms with Gasteiger partial charge in [-0.3, -0.25) is 4.90 Å². The molecule has 0 amide bonds. The number of rotatable bonds is 4. The van der Waals surface area contributed by atoms with Crippen LogP contribution in [0.4, 0.5) is 10.2 Å². The van der Waals surface area contributed by atoms with E-state index in [1.807, 2.05) is 0 Å². The molecule has 4 rings (SSSR count). The number of hydrogen-bond acceptors (Lipinski definition) is 6. The van der Waals surface area contributed by atoms with Gasteiger partial charge in [0.1, 0.15) is 22.7 Å². The number of anilines is 1. The Morgan fingerprint density at radius 3 is 3.00 bits per heavy atom. The molecule has 3 heterocycles. The number of benzene rings is 1. The maximum absolute atomic E-state index is 13.5. The van der Waals surface area contributed by atoms with Crippen LogP contribution in [0.15, 0.2) is 24.5 Å². The highest BCUT2D eigenvalue weighted by molar-refractivity contribution is 7.22. The quantitative estimate of drug-likeness (QED) is 0.670. The van der Waals surface area contributed by atoms with Gasteiger partial charge >= 0.3 is 0 Å². The summed E-state index contributed by atoms with van der Waals surface area (Å²) < 4.78 is 74.1. The number of aromatic nitrogens is 3. The van der Waals surface area contributed by atoms with Crippen molar-refractivity contribution in [2.75, 3.05) is 18.4 Å². The standard InChI is InChI=1S/C17H16Cl2FN5S/c18-12-7-10(1-2-13(12)20)8-25-5-3-11(4-6-25)23-15-14-16(22-9-21-15)24-17(19)26-14/h1-2,7,9,11H,3-6,8H2,(H,21,22,23)/i3D2,4D2,8D,11D/hD. The van der Waals surface area contributed by atoms with Crippen LogP contribution >= 0.6 is 34.5 Å². The van der Waals surface area contributed by atoms with Crippen LogP contribution in [-0.4, -0.2) is 39.0 Å². The van der Waals surface area contributed by atoms with Crippen molar-refractivity contribution in [1.29, 1.82) is 0 Å². The fourth-order valence-electron chi connectivity index (χ4n) is 2.35. The van der Waals surface area contributed by atoms with Gasteiger partial charge in [-0.1, -0.05) is 40.6 Å². The first kappa shape index (κ1) is 11.3. The minimum absolute atomic E-state index is 0.107. The zero-order valence-electron chi connectivity index (χ0n) is 20.1. The number of piperidine rings is 1. The van der Waals surface area contributed by atoms with Crippen LogP contribution < -0.4 is 5.31 Å². The number of hydrogen-bond donors (Lipinski definition) is 1. The maximum Gasteiger partial charge on any atom is 0.186 e. The molecule has 1 aromatic carbocycles. The summed E-state index contributed by atoms with van der Waals surface area (Å²) in [5, 5.41) is 0.187. The summed E-state index contributed by atoms with van der Waals surface area (Å²) in [7, 11) is 0. The van der Waals surface area contributed by atoms with Crippen LogP contribution in [-0.2, 0) is 6.52 Å². The molecule has 9 heteroatoms. The Labute approximate surface area is 174 Å². The number of fused-ring (bicyclic) bond motifs is 1. The summed E-state index contributed by atoms with van der Waals surface area (Å²) in [6, 6.07) is 0.862. The van der Waals surface area contributed by atoms with E-state index >= 15 is 0 Å². The lowest BCUT2D eigenvalue weighted by molar-refractivity contribution is 0.211. The molecule has 0 spiro atoms. The van der Waals surface area contributed by atoms with Gasteiger partial charge in [0.25, 0.3) is 0 Å². The molecule has 136 valence electrons. The predicted octanol–water partition coefficient (Wildman–Crippen LogP) is 4.61. The van der Waals surface area contributed by atoms with Crippen LogP contribution in [0.5, 0.6) is 0 Å². The van der Waals surface area contributed by atoms with E-state index in [0.29, 0.717) is 5.31 Å². The molecule has 0 aliphatic carbocycles. The highest BCUT2D eigenvalue weighted by Crippen LogP contribution is 2.30. The topological polar surface area (TPSA) is 53.9 Å². The molecule has 2 aromatic heterocycles. The minimum atomic E-state index is -2.76. The summed E-state index contributed by atoms with van der Waals surface area (Å²) in [5.74, 6) is -0.875. The van der Waals surface area contributed by atoms with Gasteiger partial charge in [0.15, 0.2) is 11.5 Å². The molecule has 0 saturated carbocycles. The number of nitrogens with zero attached hydrogens (tertiary/aromatic N) is 4. The Kier molecular flexibility index (Phi) is 3.31. The largest absolute Gasteiger partial charge is 0.366 e. The smallest absolute Gasteiger partial charge is 0.186 e. The Hall–Kier alpha value is -1.54. The Balaban J connectivity index is 1.72. The number of halogens is 3. The van der Waals surface area contributed by atoms with Gasteiger partial charge in [-0.15, -0.1) is 0 Å². The summed E-state index contributed by atoms with van der Waals surface area (Å²) in [6.45, 7) is -2.37. The summed E-state index contributed by atoms with van der Waals surface area (Å²) in [4.78, 5) is 13.1. The monoisotopic (exact) mass is 418 g/mol. The second-order valence-corrected chi connectivity index (χ2v) is 7.33. The zero-order chi connectivity index (χ0) is 24.3. The van der Waals surface area contributed by atoms with E-state index in [2.05, 4.69) is 15.0 Å². The van der Waals surface area contributed by atoms with Gasteiger partial charge in [0.2, 0.25) is 0 Å². The molecular weight excluding hydrogens is 396 g/mol. The highest BCUT2D eigenvalue weighted by Gasteiger charge is 2.21. The Bertz CT molecular complexity index is 1200. The van der Waals surface area contributed by atoms with Gasteiger partial charge in [0, 0.05) is 32.5 Å². The molecule has 1 N–H and O–H groups in total. The fourth-order valence-corrected chi connectivity index (χ4v) is 3.53. The van der Waals surface area contributed by atoms with Crippen LogP contribution in [0.1, 0.15) is 26.5 Å². The average Bonchev–Trinajstić information content (AvgIpc) is 3.12. The van der Waals surface area contributed by atoms with Gasteiger partial charge in [-0.05, 0) is 30.4 Å². The van der Waals surface area contributed by atoms with Crippen LogP contribution in [0.3, 0.4) is 0 Å². The van der Waals surface area contributed by atoms with Crippen molar-refractivity contribution >= 4 is 50.7 Å². The molecule has 26 heavy (non-hydrogen) atoms. The maximum atomic E-state index is 13.5. The summed E-state index contributed by atoms with van der Waals surface area (Å²) in [5.41, 5.74) is 0.388. The molecule has 1 aliphatic rings. The molecule has 1 aliphatic heterocycles. The van der Waals surface area contributed by atoms with Crippen LogP contribution in [0.25, 0.3) is 10.3 Å². The van der Waals surface area contributed by atoms with E-state index in [0.717, 1.165) is 23.7 Å². The zero-order valence-corrected chi connectivity index (χ0v) is 15.4. The lowest BCUT2D eigenvalue weighted by Crippen LogP contribution is -2.38. The third kappa shape index (κ3) is 3.91. The van der Waals surface area contributed by atoms with Gasteiger partial charge in [-0.2, -0.15) is 0 Å².